The monoisotopic (exact) mass is 243 g/mol. The molecule has 0 radical (unpaired) electrons. The van der Waals surface area contributed by atoms with Gasteiger partial charge < -0.3 is 0 Å². The van der Waals surface area contributed by atoms with Crippen LogP contribution in [-0.4, -0.2) is 14.6 Å². The Labute approximate surface area is 105 Å². The first-order valence-electron chi connectivity index (χ1n) is 6.94. The van der Waals surface area contributed by atoms with Gasteiger partial charge in [-0.05, 0) is 31.6 Å². The number of H-pyrrole nitrogens is 1. The van der Waals surface area contributed by atoms with Crippen molar-refractivity contribution in [2.45, 2.75) is 50.4 Å². The smallest absolute Gasteiger partial charge is 0.272 e. The van der Waals surface area contributed by atoms with Gasteiger partial charge in [0.15, 0.2) is 5.65 Å². The maximum absolute atomic E-state index is 12.1. The zero-order valence-corrected chi connectivity index (χ0v) is 10.4. The van der Waals surface area contributed by atoms with E-state index in [1.165, 1.54) is 44.1 Å². The summed E-state index contributed by atoms with van der Waals surface area (Å²) in [6.07, 6.45) is 9.34. The summed E-state index contributed by atoms with van der Waals surface area (Å²) in [6, 6.07) is 1.72. The van der Waals surface area contributed by atoms with Crippen molar-refractivity contribution in [2.24, 2.45) is 0 Å². The first kappa shape index (κ1) is 10.4. The van der Waals surface area contributed by atoms with Crippen LogP contribution in [0.4, 0.5) is 0 Å². The molecule has 18 heavy (non-hydrogen) atoms. The summed E-state index contributed by atoms with van der Waals surface area (Å²) in [7, 11) is 0. The van der Waals surface area contributed by atoms with E-state index >= 15 is 0 Å². The van der Waals surface area contributed by atoms with Crippen molar-refractivity contribution in [1.29, 1.82) is 0 Å². The second-order valence-corrected chi connectivity index (χ2v) is 5.66. The van der Waals surface area contributed by atoms with E-state index in [0.29, 0.717) is 11.8 Å². The van der Waals surface area contributed by atoms with E-state index in [2.05, 4.69) is 5.10 Å². The summed E-state index contributed by atoms with van der Waals surface area (Å²) in [6.45, 7) is 0. The highest BCUT2D eigenvalue weighted by Crippen LogP contribution is 2.41. The van der Waals surface area contributed by atoms with Crippen LogP contribution in [0.15, 0.2) is 17.1 Å². The van der Waals surface area contributed by atoms with Gasteiger partial charge in [-0.15, -0.1) is 0 Å². The van der Waals surface area contributed by atoms with Gasteiger partial charge in [0.25, 0.3) is 5.56 Å². The minimum atomic E-state index is 0.0359. The lowest BCUT2D eigenvalue weighted by molar-refractivity contribution is 0.690. The third-order valence-corrected chi connectivity index (χ3v) is 4.34. The van der Waals surface area contributed by atoms with Crippen LogP contribution in [0.3, 0.4) is 0 Å². The van der Waals surface area contributed by atoms with E-state index in [1.54, 1.807) is 10.6 Å². The van der Waals surface area contributed by atoms with Gasteiger partial charge in [-0.2, -0.15) is 0 Å². The normalized spacial score (nSPS) is 20.9. The second kappa shape index (κ2) is 3.70. The predicted octanol–water partition coefficient (Wildman–Crippen LogP) is 2.56. The molecule has 0 spiro atoms. The molecule has 2 fully saturated rings. The van der Waals surface area contributed by atoms with E-state index in [1.807, 2.05) is 6.20 Å². The molecule has 0 bridgehead atoms. The molecular weight excluding hydrogens is 226 g/mol. The molecule has 0 atom stereocenters. The van der Waals surface area contributed by atoms with Crippen LogP contribution in [0.5, 0.6) is 0 Å². The van der Waals surface area contributed by atoms with Crippen LogP contribution >= 0.6 is 0 Å². The number of aromatic amines is 1. The maximum Gasteiger partial charge on any atom is 0.272 e. The molecule has 2 aromatic rings. The Balaban J connectivity index is 1.89. The number of fused-ring (bicyclic) bond motifs is 1. The van der Waals surface area contributed by atoms with Gasteiger partial charge in [0.2, 0.25) is 0 Å². The maximum atomic E-state index is 12.1. The largest absolute Gasteiger partial charge is 0.297 e. The molecule has 0 saturated heterocycles. The van der Waals surface area contributed by atoms with E-state index in [4.69, 9.17) is 4.98 Å². The predicted molar refractivity (Wildman–Crippen MR) is 69.0 cm³/mol. The van der Waals surface area contributed by atoms with Crippen LogP contribution in [0.25, 0.3) is 5.65 Å². The van der Waals surface area contributed by atoms with Crippen molar-refractivity contribution in [3.63, 3.8) is 0 Å². The van der Waals surface area contributed by atoms with Gasteiger partial charge >= 0.3 is 0 Å². The summed E-state index contributed by atoms with van der Waals surface area (Å²) in [5, 5.41) is 3.04. The summed E-state index contributed by atoms with van der Waals surface area (Å²) in [4.78, 5) is 16.9. The second-order valence-electron chi connectivity index (χ2n) is 5.66. The highest BCUT2D eigenvalue weighted by Gasteiger charge is 2.28. The lowest BCUT2D eigenvalue weighted by Crippen LogP contribution is -2.16. The van der Waals surface area contributed by atoms with Crippen molar-refractivity contribution in [1.82, 2.24) is 14.6 Å². The van der Waals surface area contributed by atoms with E-state index < -0.39 is 0 Å². The Morgan fingerprint density at radius 1 is 1.17 bits per heavy atom. The van der Waals surface area contributed by atoms with Gasteiger partial charge in [-0.1, -0.05) is 12.8 Å². The Kier molecular flexibility index (Phi) is 2.13. The molecule has 2 saturated carbocycles. The number of hydrogen-bond acceptors (Lipinski definition) is 2. The van der Waals surface area contributed by atoms with E-state index in [-0.39, 0.29) is 5.56 Å². The molecule has 4 rings (SSSR count). The molecule has 2 aliphatic carbocycles. The average Bonchev–Trinajstić information content (AvgIpc) is 2.93. The number of rotatable bonds is 2. The fourth-order valence-electron chi connectivity index (χ4n) is 3.14. The van der Waals surface area contributed by atoms with Crippen LogP contribution in [0, 0.1) is 0 Å². The quantitative estimate of drug-likeness (QED) is 0.881. The molecule has 2 aliphatic rings. The lowest BCUT2D eigenvalue weighted by atomic mass is 10.0. The third-order valence-electron chi connectivity index (χ3n) is 4.34. The Morgan fingerprint density at radius 2 is 1.94 bits per heavy atom. The minimum absolute atomic E-state index is 0.0359. The molecule has 4 heteroatoms. The summed E-state index contributed by atoms with van der Waals surface area (Å²) < 4.78 is 1.59. The third kappa shape index (κ3) is 1.51. The van der Waals surface area contributed by atoms with Gasteiger partial charge in [-0.3, -0.25) is 9.89 Å². The first-order valence-corrected chi connectivity index (χ1v) is 6.94. The highest BCUT2D eigenvalue weighted by atomic mass is 16.1. The van der Waals surface area contributed by atoms with Crippen LogP contribution in [0.1, 0.15) is 61.6 Å². The van der Waals surface area contributed by atoms with Crippen LogP contribution in [0.2, 0.25) is 0 Å². The van der Waals surface area contributed by atoms with Gasteiger partial charge in [0.05, 0.1) is 5.69 Å². The van der Waals surface area contributed by atoms with Crippen molar-refractivity contribution < 1.29 is 0 Å². The van der Waals surface area contributed by atoms with Gasteiger partial charge in [0.1, 0.15) is 0 Å². The van der Waals surface area contributed by atoms with Crippen molar-refractivity contribution in [3.8, 4) is 0 Å². The topological polar surface area (TPSA) is 50.2 Å². The molecule has 0 aliphatic heterocycles. The zero-order valence-electron chi connectivity index (χ0n) is 10.4. The number of nitrogens with one attached hydrogen (secondary N) is 1. The summed E-state index contributed by atoms with van der Waals surface area (Å²) in [5.41, 5.74) is 3.15. The van der Waals surface area contributed by atoms with Gasteiger partial charge in [0, 0.05) is 23.7 Å². The first-order chi connectivity index (χ1) is 8.83. The fourth-order valence-corrected chi connectivity index (χ4v) is 3.14. The summed E-state index contributed by atoms with van der Waals surface area (Å²) in [5.74, 6) is 1.13. The standard InChI is InChI=1S/C14H17N3O/c18-13-7-12(10-3-1-2-4-10)16-14-11(9-5-6-9)8-15-17(13)14/h7-10,15H,1-6H2. The van der Waals surface area contributed by atoms with Gasteiger partial charge in [-0.25, -0.2) is 9.50 Å². The number of nitrogens with zero attached hydrogens (tertiary/aromatic N) is 2. The van der Waals surface area contributed by atoms with Crippen molar-refractivity contribution in [2.75, 3.05) is 0 Å². The molecule has 4 nitrogen and oxygen atoms in total. The molecule has 0 amide bonds. The number of hydrogen-bond donors (Lipinski definition) is 1. The SMILES string of the molecule is O=c1cc(C2CCCC2)nc2c(C3CC3)c[nH]n12. The molecule has 2 aromatic heterocycles. The molecule has 1 N–H and O–H groups in total. The highest BCUT2D eigenvalue weighted by molar-refractivity contribution is 5.50. The van der Waals surface area contributed by atoms with Crippen molar-refractivity contribution in [3.05, 3.63) is 33.9 Å². The van der Waals surface area contributed by atoms with Crippen molar-refractivity contribution >= 4 is 5.65 Å². The fraction of sp³-hybridized carbons (Fsp3) is 0.571. The molecule has 2 heterocycles. The number of aromatic nitrogens is 3. The Hall–Kier alpha value is -1.58. The molecular formula is C14H17N3O. The van der Waals surface area contributed by atoms with E-state index in [9.17, 15) is 4.79 Å². The zero-order chi connectivity index (χ0) is 12.1. The lowest BCUT2D eigenvalue weighted by Gasteiger charge is -2.08. The Bertz CT molecular complexity index is 645. The van der Waals surface area contributed by atoms with Crippen LogP contribution in [-0.2, 0) is 0 Å². The minimum Gasteiger partial charge on any atom is -0.297 e. The molecule has 94 valence electrons. The Morgan fingerprint density at radius 3 is 2.67 bits per heavy atom. The molecule has 0 unspecified atom stereocenters. The molecule has 0 aromatic carbocycles. The van der Waals surface area contributed by atoms with E-state index in [0.717, 1.165) is 11.3 Å². The van der Waals surface area contributed by atoms with Crippen LogP contribution < -0.4 is 5.56 Å². The summed E-state index contributed by atoms with van der Waals surface area (Å²) >= 11 is 0. The average molecular weight is 243 g/mol.